The molecule has 0 spiro atoms. The summed E-state index contributed by atoms with van der Waals surface area (Å²) >= 11 is 7.30. The van der Waals surface area contributed by atoms with Crippen molar-refractivity contribution in [3.05, 3.63) is 83.4 Å². The number of benzene rings is 3. The van der Waals surface area contributed by atoms with Gasteiger partial charge in [-0.05, 0) is 66.7 Å². The topological polar surface area (TPSA) is 87.3 Å². The predicted molar refractivity (Wildman–Crippen MR) is 126 cm³/mol. The van der Waals surface area contributed by atoms with Gasteiger partial charge in [-0.1, -0.05) is 17.7 Å². The van der Waals surface area contributed by atoms with Gasteiger partial charge in [-0.2, -0.15) is 0 Å². The van der Waals surface area contributed by atoms with Gasteiger partial charge in [-0.25, -0.2) is 0 Å². The molecule has 6 nitrogen and oxygen atoms in total. The van der Waals surface area contributed by atoms with Crippen molar-refractivity contribution in [3.8, 4) is 0 Å². The first-order valence-corrected chi connectivity index (χ1v) is 10.7. The van der Waals surface area contributed by atoms with Crippen LogP contribution in [0.3, 0.4) is 0 Å². The minimum Gasteiger partial charge on any atom is -0.326 e. The van der Waals surface area contributed by atoms with Crippen molar-refractivity contribution in [2.45, 2.75) is 11.8 Å². The Labute approximate surface area is 189 Å². The standard InChI is InChI=1S/C23H20ClN3O3S/c1-15(28)25-18-5-7-19(8-6-18)26-22(29)14-31-21-11-9-20(10-12-21)27-23(30)16-3-2-4-17(24)13-16/h2-13H,14H2,1H3,(H,25,28)(H,26,29)(H,27,30). The van der Waals surface area contributed by atoms with Crippen LogP contribution in [-0.2, 0) is 9.59 Å². The molecule has 3 aromatic rings. The quantitative estimate of drug-likeness (QED) is 0.424. The summed E-state index contributed by atoms with van der Waals surface area (Å²) < 4.78 is 0. The Hall–Kier alpha value is -3.29. The van der Waals surface area contributed by atoms with Crippen LogP contribution in [0.15, 0.2) is 77.7 Å². The van der Waals surface area contributed by atoms with Crippen molar-refractivity contribution >= 4 is 58.1 Å². The number of halogens is 1. The molecular formula is C23H20ClN3O3S. The minimum atomic E-state index is -0.244. The Morgan fingerprint density at radius 2 is 1.39 bits per heavy atom. The lowest BCUT2D eigenvalue weighted by Crippen LogP contribution is -2.14. The van der Waals surface area contributed by atoms with Crippen LogP contribution in [0.1, 0.15) is 17.3 Å². The SMILES string of the molecule is CC(=O)Nc1ccc(NC(=O)CSc2ccc(NC(=O)c3cccc(Cl)c3)cc2)cc1. The van der Waals surface area contributed by atoms with E-state index in [1.54, 1.807) is 60.7 Å². The Balaban J connectivity index is 1.48. The van der Waals surface area contributed by atoms with Gasteiger partial charge in [0.05, 0.1) is 5.75 Å². The molecule has 3 rings (SSSR count). The van der Waals surface area contributed by atoms with Gasteiger partial charge >= 0.3 is 0 Å². The third-order valence-corrected chi connectivity index (χ3v) is 5.31. The van der Waals surface area contributed by atoms with Crippen LogP contribution in [-0.4, -0.2) is 23.5 Å². The van der Waals surface area contributed by atoms with Gasteiger partial charge in [-0.3, -0.25) is 14.4 Å². The fourth-order valence-electron chi connectivity index (χ4n) is 2.65. The molecule has 0 unspecified atom stereocenters. The summed E-state index contributed by atoms with van der Waals surface area (Å²) in [6, 6.07) is 20.9. The zero-order valence-electron chi connectivity index (χ0n) is 16.6. The van der Waals surface area contributed by atoms with Crippen LogP contribution < -0.4 is 16.0 Å². The van der Waals surface area contributed by atoms with Crippen molar-refractivity contribution in [1.29, 1.82) is 0 Å². The molecule has 8 heteroatoms. The van der Waals surface area contributed by atoms with E-state index in [9.17, 15) is 14.4 Å². The molecule has 158 valence electrons. The van der Waals surface area contributed by atoms with E-state index >= 15 is 0 Å². The van der Waals surface area contributed by atoms with Crippen LogP contribution in [0.5, 0.6) is 0 Å². The van der Waals surface area contributed by atoms with Gasteiger partial charge in [0.1, 0.15) is 0 Å². The summed E-state index contributed by atoms with van der Waals surface area (Å²) in [7, 11) is 0. The minimum absolute atomic E-state index is 0.143. The van der Waals surface area contributed by atoms with Crippen molar-refractivity contribution in [2.24, 2.45) is 0 Å². The number of anilines is 3. The van der Waals surface area contributed by atoms with Gasteiger partial charge in [0.25, 0.3) is 5.91 Å². The highest BCUT2D eigenvalue weighted by molar-refractivity contribution is 8.00. The monoisotopic (exact) mass is 453 g/mol. The summed E-state index contributed by atoms with van der Waals surface area (Å²) in [5.41, 5.74) is 2.45. The molecule has 0 saturated carbocycles. The lowest BCUT2D eigenvalue weighted by Gasteiger charge is -2.08. The lowest BCUT2D eigenvalue weighted by atomic mass is 10.2. The van der Waals surface area contributed by atoms with E-state index in [-0.39, 0.29) is 23.5 Å². The molecular weight excluding hydrogens is 434 g/mol. The normalized spacial score (nSPS) is 10.3. The molecule has 0 heterocycles. The first-order valence-electron chi connectivity index (χ1n) is 9.36. The van der Waals surface area contributed by atoms with E-state index in [1.807, 2.05) is 12.1 Å². The Bertz CT molecular complexity index is 1090. The van der Waals surface area contributed by atoms with Crippen molar-refractivity contribution < 1.29 is 14.4 Å². The fourth-order valence-corrected chi connectivity index (χ4v) is 3.54. The summed E-state index contributed by atoms with van der Waals surface area (Å²) in [5.74, 6) is -0.299. The summed E-state index contributed by atoms with van der Waals surface area (Å²) in [5, 5.41) is 8.80. The Kier molecular flexibility index (Phi) is 7.70. The molecule has 3 amide bonds. The number of hydrogen-bond acceptors (Lipinski definition) is 4. The number of carbonyl (C=O) groups is 3. The summed E-state index contributed by atoms with van der Waals surface area (Å²) in [4.78, 5) is 36.4. The molecule has 0 bridgehead atoms. The maximum Gasteiger partial charge on any atom is 0.255 e. The average molecular weight is 454 g/mol. The van der Waals surface area contributed by atoms with Gasteiger partial charge < -0.3 is 16.0 Å². The van der Waals surface area contributed by atoms with E-state index in [1.165, 1.54) is 18.7 Å². The largest absolute Gasteiger partial charge is 0.326 e. The van der Waals surface area contributed by atoms with Crippen molar-refractivity contribution in [2.75, 3.05) is 21.7 Å². The molecule has 31 heavy (non-hydrogen) atoms. The molecule has 0 aliphatic rings. The maximum atomic E-state index is 12.3. The van der Waals surface area contributed by atoms with E-state index in [2.05, 4.69) is 16.0 Å². The number of amides is 3. The molecule has 0 aromatic heterocycles. The van der Waals surface area contributed by atoms with Crippen molar-refractivity contribution in [3.63, 3.8) is 0 Å². The van der Waals surface area contributed by atoms with E-state index < -0.39 is 0 Å². The van der Waals surface area contributed by atoms with Gasteiger partial charge in [-0.15, -0.1) is 11.8 Å². The number of carbonyl (C=O) groups excluding carboxylic acids is 3. The molecule has 0 aliphatic carbocycles. The first-order chi connectivity index (χ1) is 14.9. The van der Waals surface area contributed by atoms with Gasteiger partial charge in [0, 0.05) is 39.5 Å². The van der Waals surface area contributed by atoms with Gasteiger partial charge in [0.2, 0.25) is 11.8 Å². The zero-order valence-corrected chi connectivity index (χ0v) is 18.2. The number of nitrogens with one attached hydrogen (secondary N) is 3. The average Bonchev–Trinajstić information content (AvgIpc) is 2.74. The Morgan fingerprint density at radius 1 is 0.806 bits per heavy atom. The summed E-state index contributed by atoms with van der Waals surface area (Å²) in [6.45, 7) is 1.44. The highest BCUT2D eigenvalue weighted by Crippen LogP contribution is 2.22. The lowest BCUT2D eigenvalue weighted by molar-refractivity contribution is -0.114. The number of hydrogen-bond donors (Lipinski definition) is 3. The van der Waals surface area contributed by atoms with Crippen LogP contribution >= 0.6 is 23.4 Å². The molecule has 0 saturated heterocycles. The van der Waals surface area contributed by atoms with Crippen molar-refractivity contribution in [1.82, 2.24) is 0 Å². The van der Waals surface area contributed by atoms with Crippen LogP contribution in [0.25, 0.3) is 0 Å². The second-order valence-electron chi connectivity index (χ2n) is 6.58. The zero-order chi connectivity index (χ0) is 22.2. The Morgan fingerprint density at radius 3 is 2.00 bits per heavy atom. The third kappa shape index (κ3) is 7.16. The first kappa shape index (κ1) is 22.4. The summed E-state index contributed by atoms with van der Waals surface area (Å²) in [6.07, 6.45) is 0. The van der Waals surface area contributed by atoms with E-state index in [4.69, 9.17) is 11.6 Å². The van der Waals surface area contributed by atoms with Crippen LogP contribution in [0.4, 0.5) is 17.1 Å². The molecule has 0 atom stereocenters. The maximum absolute atomic E-state index is 12.3. The highest BCUT2D eigenvalue weighted by atomic mass is 35.5. The predicted octanol–water partition coefficient (Wildman–Crippen LogP) is 5.28. The smallest absolute Gasteiger partial charge is 0.255 e. The molecule has 0 aliphatic heterocycles. The van der Waals surface area contributed by atoms with E-state index in [0.717, 1.165) is 4.90 Å². The fraction of sp³-hybridized carbons (Fsp3) is 0.0870. The van der Waals surface area contributed by atoms with E-state index in [0.29, 0.717) is 27.6 Å². The van der Waals surface area contributed by atoms with Gasteiger partial charge in [0.15, 0.2) is 0 Å². The third-order valence-electron chi connectivity index (χ3n) is 4.06. The molecule has 0 fully saturated rings. The second kappa shape index (κ2) is 10.7. The molecule has 3 N–H and O–H groups in total. The number of rotatable bonds is 7. The van der Waals surface area contributed by atoms with Crippen LogP contribution in [0.2, 0.25) is 5.02 Å². The number of thioether (sulfide) groups is 1. The second-order valence-corrected chi connectivity index (χ2v) is 8.07. The van der Waals surface area contributed by atoms with Crippen LogP contribution in [0, 0.1) is 0 Å². The molecule has 0 radical (unpaired) electrons. The molecule has 3 aromatic carbocycles. The highest BCUT2D eigenvalue weighted by Gasteiger charge is 2.08.